The van der Waals surface area contributed by atoms with Crippen LogP contribution >= 0.6 is 0 Å². The van der Waals surface area contributed by atoms with Gasteiger partial charge in [0.05, 0.1) is 19.3 Å². The van der Waals surface area contributed by atoms with Crippen molar-refractivity contribution in [2.45, 2.75) is 57.6 Å². The molecule has 0 unspecified atom stereocenters. The van der Waals surface area contributed by atoms with Crippen LogP contribution in [0.1, 0.15) is 45.4 Å². The second-order valence-electron chi connectivity index (χ2n) is 5.74. The topological polar surface area (TPSA) is 32.7 Å². The Morgan fingerprint density at radius 1 is 1.06 bits per heavy atom. The molecule has 1 N–H and O–H groups in total. The Morgan fingerprint density at radius 3 is 2.29 bits per heavy atom. The number of aliphatic hydroxyl groups excluding tert-OH is 1. The van der Waals surface area contributed by atoms with Gasteiger partial charge in [-0.2, -0.15) is 0 Å². The highest BCUT2D eigenvalue weighted by Gasteiger charge is 2.27. The van der Waals surface area contributed by atoms with Gasteiger partial charge in [-0.25, -0.2) is 0 Å². The van der Waals surface area contributed by atoms with Gasteiger partial charge in [0.2, 0.25) is 0 Å². The SMILES string of the molecule is CC1CCC(N2CCC(OCCO)CC2)CC1. The van der Waals surface area contributed by atoms with Crippen LogP contribution in [0.25, 0.3) is 0 Å². The van der Waals surface area contributed by atoms with Gasteiger partial charge in [0, 0.05) is 19.1 Å². The number of rotatable bonds is 4. The van der Waals surface area contributed by atoms with Crippen molar-refractivity contribution >= 4 is 0 Å². The molecule has 1 heterocycles. The van der Waals surface area contributed by atoms with E-state index in [1.807, 2.05) is 0 Å². The Hall–Kier alpha value is -0.120. The van der Waals surface area contributed by atoms with Gasteiger partial charge in [0.25, 0.3) is 0 Å². The van der Waals surface area contributed by atoms with E-state index in [1.54, 1.807) is 0 Å². The molecule has 3 heteroatoms. The Morgan fingerprint density at radius 2 is 1.71 bits per heavy atom. The average Bonchev–Trinajstić information content (AvgIpc) is 2.38. The summed E-state index contributed by atoms with van der Waals surface area (Å²) in [6.45, 7) is 5.42. The van der Waals surface area contributed by atoms with Gasteiger partial charge in [-0.3, -0.25) is 0 Å². The minimum atomic E-state index is 0.153. The summed E-state index contributed by atoms with van der Waals surface area (Å²) in [5.74, 6) is 0.941. The lowest BCUT2D eigenvalue weighted by atomic mass is 9.86. The lowest BCUT2D eigenvalue weighted by Gasteiger charge is -2.40. The fraction of sp³-hybridized carbons (Fsp3) is 1.00. The second-order valence-corrected chi connectivity index (χ2v) is 5.74. The Kier molecular flexibility index (Phi) is 5.26. The third-order valence-corrected chi connectivity index (χ3v) is 4.42. The van der Waals surface area contributed by atoms with Crippen LogP contribution in [0.2, 0.25) is 0 Å². The number of hydrogen-bond acceptors (Lipinski definition) is 3. The molecule has 1 saturated heterocycles. The fourth-order valence-corrected chi connectivity index (χ4v) is 3.23. The monoisotopic (exact) mass is 241 g/mol. The molecule has 2 aliphatic rings. The largest absolute Gasteiger partial charge is 0.394 e. The molecule has 0 atom stereocenters. The van der Waals surface area contributed by atoms with E-state index in [2.05, 4.69) is 11.8 Å². The smallest absolute Gasteiger partial charge is 0.0701 e. The maximum atomic E-state index is 8.74. The summed E-state index contributed by atoms with van der Waals surface area (Å²) < 4.78 is 5.61. The summed E-state index contributed by atoms with van der Waals surface area (Å²) in [5.41, 5.74) is 0. The predicted octanol–water partition coefficient (Wildman–Crippen LogP) is 2.04. The first kappa shape index (κ1) is 13.3. The highest BCUT2D eigenvalue weighted by Crippen LogP contribution is 2.29. The first-order valence-corrected chi connectivity index (χ1v) is 7.26. The van der Waals surface area contributed by atoms with E-state index in [1.165, 1.54) is 38.8 Å². The van der Waals surface area contributed by atoms with E-state index in [0.29, 0.717) is 12.7 Å². The summed E-state index contributed by atoms with van der Waals surface area (Å²) in [6, 6.07) is 0.838. The van der Waals surface area contributed by atoms with Crippen LogP contribution in [0.4, 0.5) is 0 Å². The molecule has 17 heavy (non-hydrogen) atoms. The highest BCUT2D eigenvalue weighted by atomic mass is 16.5. The Labute approximate surface area is 105 Å². The molecule has 2 fully saturated rings. The zero-order valence-corrected chi connectivity index (χ0v) is 11.1. The van der Waals surface area contributed by atoms with E-state index >= 15 is 0 Å². The van der Waals surface area contributed by atoms with Crippen LogP contribution in [0.15, 0.2) is 0 Å². The average molecular weight is 241 g/mol. The highest BCUT2D eigenvalue weighted by molar-refractivity contribution is 4.82. The van der Waals surface area contributed by atoms with Gasteiger partial charge in [-0.1, -0.05) is 6.92 Å². The molecule has 0 bridgehead atoms. The van der Waals surface area contributed by atoms with Crippen molar-refractivity contribution in [3.63, 3.8) is 0 Å². The maximum Gasteiger partial charge on any atom is 0.0701 e. The molecular weight excluding hydrogens is 214 g/mol. The van der Waals surface area contributed by atoms with Crippen molar-refractivity contribution in [1.29, 1.82) is 0 Å². The van der Waals surface area contributed by atoms with Crippen LogP contribution in [-0.2, 0) is 4.74 Å². The van der Waals surface area contributed by atoms with Gasteiger partial charge >= 0.3 is 0 Å². The van der Waals surface area contributed by atoms with Crippen molar-refractivity contribution in [2.24, 2.45) is 5.92 Å². The van der Waals surface area contributed by atoms with E-state index in [4.69, 9.17) is 9.84 Å². The third kappa shape index (κ3) is 3.94. The van der Waals surface area contributed by atoms with Crippen LogP contribution in [-0.4, -0.2) is 48.5 Å². The molecule has 0 spiro atoms. The van der Waals surface area contributed by atoms with Crippen molar-refractivity contribution in [3.05, 3.63) is 0 Å². The summed E-state index contributed by atoms with van der Waals surface area (Å²) in [6.07, 6.45) is 8.28. The first-order chi connectivity index (χ1) is 8.29. The number of ether oxygens (including phenoxy) is 1. The van der Waals surface area contributed by atoms with Crippen LogP contribution in [0, 0.1) is 5.92 Å². The molecule has 2 rings (SSSR count). The van der Waals surface area contributed by atoms with E-state index in [9.17, 15) is 0 Å². The summed E-state index contributed by atoms with van der Waals surface area (Å²) >= 11 is 0. The molecule has 1 saturated carbocycles. The van der Waals surface area contributed by atoms with Crippen molar-refractivity contribution in [2.75, 3.05) is 26.3 Å². The third-order valence-electron chi connectivity index (χ3n) is 4.42. The molecule has 0 amide bonds. The van der Waals surface area contributed by atoms with Gasteiger partial charge in [-0.15, -0.1) is 0 Å². The standard InChI is InChI=1S/C14H27NO2/c1-12-2-4-13(5-3-12)15-8-6-14(7-9-15)17-11-10-16/h12-14,16H,2-11H2,1H3. The number of piperidine rings is 1. The Balaban J connectivity index is 1.68. The van der Waals surface area contributed by atoms with E-state index in [-0.39, 0.29) is 6.61 Å². The van der Waals surface area contributed by atoms with Crippen LogP contribution in [0.3, 0.4) is 0 Å². The van der Waals surface area contributed by atoms with Gasteiger partial charge in [0.15, 0.2) is 0 Å². The van der Waals surface area contributed by atoms with Crippen LogP contribution < -0.4 is 0 Å². The molecule has 3 nitrogen and oxygen atoms in total. The molecule has 0 aromatic carbocycles. The van der Waals surface area contributed by atoms with Gasteiger partial charge in [0.1, 0.15) is 0 Å². The molecule has 1 aliphatic carbocycles. The minimum absolute atomic E-state index is 0.153. The summed E-state index contributed by atoms with van der Waals surface area (Å²) in [4.78, 5) is 2.67. The lowest BCUT2D eigenvalue weighted by Crippen LogP contribution is -2.44. The normalized spacial score (nSPS) is 32.8. The number of aliphatic hydroxyl groups is 1. The van der Waals surface area contributed by atoms with Gasteiger partial charge in [-0.05, 0) is 44.4 Å². The quantitative estimate of drug-likeness (QED) is 0.817. The second kappa shape index (κ2) is 6.72. The summed E-state index contributed by atoms with van der Waals surface area (Å²) in [5, 5.41) is 8.74. The number of nitrogens with zero attached hydrogens (tertiary/aromatic N) is 1. The number of likely N-dealkylation sites (tertiary alicyclic amines) is 1. The molecular formula is C14H27NO2. The van der Waals surface area contributed by atoms with E-state index in [0.717, 1.165) is 24.8 Å². The first-order valence-electron chi connectivity index (χ1n) is 7.26. The molecule has 100 valence electrons. The van der Waals surface area contributed by atoms with Crippen molar-refractivity contribution in [3.8, 4) is 0 Å². The number of hydrogen-bond donors (Lipinski definition) is 1. The van der Waals surface area contributed by atoms with Crippen LogP contribution in [0.5, 0.6) is 0 Å². The Bertz CT molecular complexity index is 206. The van der Waals surface area contributed by atoms with Crippen molar-refractivity contribution in [1.82, 2.24) is 4.90 Å². The fourth-order valence-electron chi connectivity index (χ4n) is 3.23. The minimum Gasteiger partial charge on any atom is -0.394 e. The molecule has 0 aromatic heterocycles. The zero-order valence-electron chi connectivity index (χ0n) is 11.1. The summed E-state index contributed by atoms with van der Waals surface area (Å²) in [7, 11) is 0. The van der Waals surface area contributed by atoms with Gasteiger partial charge < -0.3 is 14.7 Å². The predicted molar refractivity (Wildman–Crippen MR) is 69.1 cm³/mol. The molecule has 1 aliphatic heterocycles. The van der Waals surface area contributed by atoms with Crippen molar-refractivity contribution < 1.29 is 9.84 Å². The maximum absolute atomic E-state index is 8.74. The zero-order chi connectivity index (χ0) is 12.1. The molecule has 0 radical (unpaired) electrons. The lowest BCUT2D eigenvalue weighted by molar-refractivity contribution is -0.0194. The van der Waals surface area contributed by atoms with E-state index < -0.39 is 0 Å². The molecule has 0 aromatic rings.